The Kier molecular flexibility index (Phi) is 3.57. The van der Waals surface area contributed by atoms with Crippen molar-refractivity contribution >= 4 is 0 Å². The number of aliphatic hydroxyl groups is 1. The molecule has 0 unspecified atom stereocenters. The van der Waals surface area contributed by atoms with Gasteiger partial charge >= 0.3 is 0 Å². The summed E-state index contributed by atoms with van der Waals surface area (Å²) in [6, 6.07) is 2.00. The highest BCUT2D eigenvalue weighted by molar-refractivity contribution is 5.55. The molecule has 0 fully saturated rings. The molecule has 0 saturated heterocycles. The van der Waals surface area contributed by atoms with Gasteiger partial charge < -0.3 is 14.6 Å². The minimum Gasteiger partial charge on any atom is -0.493 e. The van der Waals surface area contributed by atoms with Gasteiger partial charge in [0.1, 0.15) is 0 Å². The Hall–Kier alpha value is -1.22. The third kappa shape index (κ3) is 2.12. The van der Waals surface area contributed by atoms with E-state index in [1.165, 1.54) is 11.1 Å². The first-order valence-electron chi connectivity index (χ1n) is 6.11. The number of methoxy groups -OCH3 is 2. The largest absolute Gasteiger partial charge is 0.493 e. The van der Waals surface area contributed by atoms with Crippen LogP contribution >= 0.6 is 0 Å². The zero-order chi connectivity index (χ0) is 12.4. The van der Waals surface area contributed by atoms with Gasteiger partial charge in [-0.3, -0.25) is 0 Å². The number of fused-ring (bicyclic) bond motifs is 1. The van der Waals surface area contributed by atoms with Crippen molar-refractivity contribution in [2.24, 2.45) is 0 Å². The molecule has 0 radical (unpaired) electrons. The van der Waals surface area contributed by atoms with Gasteiger partial charge in [-0.2, -0.15) is 0 Å². The molecule has 1 N–H and O–H groups in total. The zero-order valence-corrected chi connectivity index (χ0v) is 10.7. The Labute approximate surface area is 102 Å². The lowest BCUT2D eigenvalue weighted by Gasteiger charge is -2.20. The lowest BCUT2D eigenvalue weighted by molar-refractivity contribution is 0.161. The molecule has 1 atom stereocenters. The predicted octanol–water partition coefficient (Wildman–Crippen LogP) is 2.77. The number of aryl methyl sites for hydroxylation is 1. The Balaban J connectivity index is 2.64. The standard InChI is InChI=1S/C14H20O3/c1-9-8-12(16-2)14(17-3)13-10(9)6-4-5-7-11(13)15/h8,11,15H,4-7H2,1-3H3/t11-/m1/s1. The van der Waals surface area contributed by atoms with E-state index in [1.807, 2.05) is 6.07 Å². The topological polar surface area (TPSA) is 38.7 Å². The van der Waals surface area contributed by atoms with Crippen molar-refractivity contribution in [3.63, 3.8) is 0 Å². The van der Waals surface area contributed by atoms with E-state index in [2.05, 4.69) is 6.92 Å². The van der Waals surface area contributed by atoms with Crippen LogP contribution in [0.4, 0.5) is 0 Å². The third-order valence-corrected chi connectivity index (χ3v) is 3.53. The van der Waals surface area contributed by atoms with Crippen molar-refractivity contribution in [1.82, 2.24) is 0 Å². The molecule has 3 nitrogen and oxygen atoms in total. The van der Waals surface area contributed by atoms with Crippen LogP contribution in [0.15, 0.2) is 6.07 Å². The van der Waals surface area contributed by atoms with E-state index in [-0.39, 0.29) is 0 Å². The molecule has 17 heavy (non-hydrogen) atoms. The van der Waals surface area contributed by atoms with E-state index in [1.54, 1.807) is 14.2 Å². The van der Waals surface area contributed by atoms with Crippen LogP contribution in [0.2, 0.25) is 0 Å². The molecule has 0 bridgehead atoms. The SMILES string of the molecule is COc1cc(C)c2c(c1OC)[C@H](O)CCCC2. The van der Waals surface area contributed by atoms with Crippen LogP contribution in [-0.2, 0) is 6.42 Å². The molecule has 0 heterocycles. The average Bonchev–Trinajstić information content (AvgIpc) is 2.52. The van der Waals surface area contributed by atoms with E-state index in [4.69, 9.17) is 9.47 Å². The van der Waals surface area contributed by atoms with Crippen molar-refractivity contribution in [3.8, 4) is 11.5 Å². The Morgan fingerprint density at radius 2 is 2.00 bits per heavy atom. The molecule has 2 rings (SSSR count). The molecular formula is C14H20O3. The molecule has 1 aromatic rings. The van der Waals surface area contributed by atoms with Crippen LogP contribution in [0.3, 0.4) is 0 Å². The molecule has 0 saturated carbocycles. The van der Waals surface area contributed by atoms with Crippen molar-refractivity contribution in [2.75, 3.05) is 14.2 Å². The van der Waals surface area contributed by atoms with Gasteiger partial charge in [0.2, 0.25) is 0 Å². The van der Waals surface area contributed by atoms with Crippen LogP contribution in [0.1, 0.15) is 42.1 Å². The van der Waals surface area contributed by atoms with Gasteiger partial charge in [0.25, 0.3) is 0 Å². The molecule has 1 aliphatic carbocycles. The van der Waals surface area contributed by atoms with Gasteiger partial charge in [0, 0.05) is 5.56 Å². The minimum atomic E-state index is -0.434. The third-order valence-electron chi connectivity index (χ3n) is 3.53. The molecule has 0 amide bonds. The van der Waals surface area contributed by atoms with E-state index in [9.17, 15) is 5.11 Å². The van der Waals surface area contributed by atoms with Crippen LogP contribution in [-0.4, -0.2) is 19.3 Å². The summed E-state index contributed by atoms with van der Waals surface area (Å²) in [5.41, 5.74) is 3.34. The summed E-state index contributed by atoms with van der Waals surface area (Å²) in [5, 5.41) is 10.3. The van der Waals surface area contributed by atoms with E-state index in [0.29, 0.717) is 11.5 Å². The summed E-state index contributed by atoms with van der Waals surface area (Å²) < 4.78 is 10.8. The first-order valence-corrected chi connectivity index (χ1v) is 6.11. The first kappa shape index (κ1) is 12.2. The molecular weight excluding hydrogens is 216 g/mol. The lowest BCUT2D eigenvalue weighted by Crippen LogP contribution is -2.06. The second-order valence-electron chi connectivity index (χ2n) is 4.58. The first-order chi connectivity index (χ1) is 8.19. The lowest BCUT2D eigenvalue weighted by atomic mass is 9.95. The van der Waals surface area contributed by atoms with Gasteiger partial charge in [-0.1, -0.05) is 6.42 Å². The summed E-state index contributed by atoms with van der Waals surface area (Å²) in [6.45, 7) is 2.07. The summed E-state index contributed by atoms with van der Waals surface area (Å²) in [6.07, 6.45) is 3.56. The number of hydrogen-bond acceptors (Lipinski definition) is 3. The van der Waals surface area contributed by atoms with Crippen molar-refractivity contribution in [3.05, 3.63) is 22.8 Å². The van der Waals surface area contributed by atoms with Crippen molar-refractivity contribution in [2.45, 2.75) is 38.7 Å². The molecule has 0 spiro atoms. The second kappa shape index (κ2) is 4.96. The molecule has 1 aromatic carbocycles. The smallest absolute Gasteiger partial charge is 0.166 e. The summed E-state index contributed by atoms with van der Waals surface area (Å²) in [7, 11) is 3.26. The molecule has 0 aromatic heterocycles. The van der Waals surface area contributed by atoms with Gasteiger partial charge in [-0.05, 0) is 43.4 Å². The highest BCUT2D eigenvalue weighted by Gasteiger charge is 2.25. The van der Waals surface area contributed by atoms with Gasteiger partial charge in [-0.25, -0.2) is 0 Å². The van der Waals surface area contributed by atoms with Crippen molar-refractivity contribution in [1.29, 1.82) is 0 Å². The van der Waals surface area contributed by atoms with E-state index >= 15 is 0 Å². The number of aliphatic hydroxyl groups excluding tert-OH is 1. The zero-order valence-electron chi connectivity index (χ0n) is 10.7. The Morgan fingerprint density at radius 3 is 2.65 bits per heavy atom. The molecule has 3 heteroatoms. The maximum Gasteiger partial charge on any atom is 0.166 e. The summed E-state index contributed by atoms with van der Waals surface area (Å²) >= 11 is 0. The van der Waals surface area contributed by atoms with Crippen molar-refractivity contribution < 1.29 is 14.6 Å². The fraction of sp³-hybridized carbons (Fsp3) is 0.571. The van der Waals surface area contributed by atoms with Gasteiger partial charge in [-0.15, -0.1) is 0 Å². The number of benzene rings is 1. The average molecular weight is 236 g/mol. The van der Waals surface area contributed by atoms with Gasteiger partial charge in [0.05, 0.1) is 20.3 Å². The Bertz CT molecular complexity index is 412. The summed E-state index contributed by atoms with van der Waals surface area (Å²) in [5.74, 6) is 1.41. The highest BCUT2D eigenvalue weighted by Crippen LogP contribution is 2.42. The highest BCUT2D eigenvalue weighted by atomic mass is 16.5. The predicted molar refractivity (Wildman–Crippen MR) is 66.8 cm³/mol. The molecule has 1 aliphatic rings. The van der Waals surface area contributed by atoms with Crippen LogP contribution in [0.25, 0.3) is 0 Å². The van der Waals surface area contributed by atoms with Crippen LogP contribution in [0.5, 0.6) is 11.5 Å². The van der Waals surface area contributed by atoms with Gasteiger partial charge in [0.15, 0.2) is 11.5 Å². The fourth-order valence-electron chi connectivity index (χ4n) is 2.66. The van der Waals surface area contributed by atoms with E-state index in [0.717, 1.165) is 31.2 Å². The number of ether oxygens (including phenoxy) is 2. The normalized spacial score (nSPS) is 19.4. The second-order valence-corrected chi connectivity index (χ2v) is 4.58. The van der Waals surface area contributed by atoms with Crippen LogP contribution < -0.4 is 9.47 Å². The van der Waals surface area contributed by atoms with E-state index < -0.39 is 6.10 Å². The number of hydrogen-bond donors (Lipinski definition) is 1. The quantitative estimate of drug-likeness (QED) is 0.802. The maximum atomic E-state index is 10.3. The monoisotopic (exact) mass is 236 g/mol. The minimum absolute atomic E-state index is 0.434. The Morgan fingerprint density at radius 1 is 1.24 bits per heavy atom. The fourth-order valence-corrected chi connectivity index (χ4v) is 2.66. The summed E-state index contributed by atoms with van der Waals surface area (Å²) in [4.78, 5) is 0. The van der Waals surface area contributed by atoms with Crippen LogP contribution in [0, 0.1) is 6.92 Å². The number of rotatable bonds is 2. The maximum absolute atomic E-state index is 10.3. The molecule has 94 valence electrons. The molecule has 0 aliphatic heterocycles.